The molecule has 4 atom stereocenters. The van der Waals surface area contributed by atoms with Crippen molar-refractivity contribution in [3.63, 3.8) is 0 Å². The Balaban J connectivity index is 2.69. The fourth-order valence-corrected chi connectivity index (χ4v) is 3.63. The number of rotatable bonds is 4. The van der Waals surface area contributed by atoms with E-state index in [1.807, 2.05) is 43.3 Å². The highest BCUT2D eigenvalue weighted by Crippen LogP contribution is 2.53. The summed E-state index contributed by atoms with van der Waals surface area (Å²) < 4.78 is 5.23. The Bertz CT molecular complexity index is 659. The Hall–Kier alpha value is -2.41. The number of benzene rings is 1. The first-order chi connectivity index (χ1) is 11.0. The standard InChI is InChI=1S/C19H21NO3/c1-4-23-18(22)19(12-20)14(3)16(11-21)10-13(2)17(19)15-8-6-5-7-9-15/h5-11,13-14,17H,4H2,1-3H3/t13-,14+,17-,19-/m0/s1. The molecule has 0 fully saturated rings. The van der Waals surface area contributed by atoms with Gasteiger partial charge in [0.05, 0.1) is 12.7 Å². The number of allylic oxidation sites excluding steroid dienone is 2. The van der Waals surface area contributed by atoms with Crippen molar-refractivity contribution in [2.24, 2.45) is 17.3 Å². The molecule has 0 heterocycles. The lowest BCUT2D eigenvalue weighted by Crippen LogP contribution is -2.48. The molecule has 0 unspecified atom stereocenters. The number of carbonyl (C=O) groups excluding carboxylic acids is 2. The minimum absolute atomic E-state index is 0.127. The van der Waals surface area contributed by atoms with E-state index in [0.29, 0.717) is 5.57 Å². The van der Waals surface area contributed by atoms with Gasteiger partial charge in [-0.05, 0) is 24.0 Å². The fraction of sp³-hybridized carbons (Fsp3) is 0.421. The Morgan fingerprint density at radius 2 is 2.00 bits per heavy atom. The predicted octanol–water partition coefficient (Wildman–Crippen LogP) is 3.25. The highest BCUT2D eigenvalue weighted by atomic mass is 16.5. The largest absolute Gasteiger partial charge is 0.465 e. The monoisotopic (exact) mass is 311 g/mol. The lowest BCUT2D eigenvalue weighted by atomic mass is 9.56. The summed E-state index contributed by atoms with van der Waals surface area (Å²) in [4.78, 5) is 24.2. The van der Waals surface area contributed by atoms with Crippen LogP contribution in [0, 0.1) is 28.6 Å². The maximum Gasteiger partial charge on any atom is 0.327 e. The Morgan fingerprint density at radius 1 is 1.35 bits per heavy atom. The summed E-state index contributed by atoms with van der Waals surface area (Å²) in [6.45, 7) is 5.60. The summed E-state index contributed by atoms with van der Waals surface area (Å²) in [5.74, 6) is -1.56. The molecule has 0 N–H and O–H groups in total. The number of esters is 1. The summed E-state index contributed by atoms with van der Waals surface area (Å²) in [6.07, 6.45) is 2.61. The minimum atomic E-state index is -1.40. The number of ether oxygens (including phenoxy) is 1. The van der Waals surface area contributed by atoms with Crippen LogP contribution in [-0.2, 0) is 14.3 Å². The third kappa shape index (κ3) is 2.68. The van der Waals surface area contributed by atoms with E-state index in [1.54, 1.807) is 13.8 Å². The molecule has 0 saturated carbocycles. The van der Waals surface area contributed by atoms with Crippen LogP contribution in [0.25, 0.3) is 0 Å². The van der Waals surface area contributed by atoms with Gasteiger partial charge >= 0.3 is 5.97 Å². The quantitative estimate of drug-likeness (QED) is 0.632. The van der Waals surface area contributed by atoms with Crippen molar-refractivity contribution >= 4 is 12.3 Å². The first-order valence-electron chi connectivity index (χ1n) is 7.83. The molecule has 1 aromatic rings. The molecular formula is C19H21NO3. The molecule has 0 saturated heterocycles. The van der Waals surface area contributed by atoms with Crippen LogP contribution in [0.5, 0.6) is 0 Å². The lowest BCUT2D eigenvalue weighted by Gasteiger charge is -2.43. The molecule has 0 bridgehead atoms. The van der Waals surface area contributed by atoms with Gasteiger partial charge < -0.3 is 4.74 Å². The van der Waals surface area contributed by atoms with Crippen LogP contribution >= 0.6 is 0 Å². The zero-order chi connectivity index (χ0) is 17.0. The second-order valence-electron chi connectivity index (χ2n) is 5.95. The van der Waals surface area contributed by atoms with Gasteiger partial charge in [0.25, 0.3) is 0 Å². The molecule has 1 aromatic carbocycles. The number of nitrogens with zero attached hydrogens (tertiary/aromatic N) is 1. The average Bonchev–Trinajstić information content (AvgIpc) is 2.57. The molecule has 1 aliphatic rings. The molecule has 1 aliphatic carbocycles. The molecule has 0 amide bonds. The second kappa shape index (κ2) is 6.78. The Labute approximate surface area is 136 Å². The summed E-state index contributed by atoms with van der Waals surface area (Å²) >= 11 is 0. The van der Waals surface area contributed by atoms with E-state index < -0.39 is 17.3 Å². The van der Waals surface area contributed by atoms with Crippen LogP contribution in [0.1, 0.15) is 32.3 Å². The molecule has 0 radical (unpaired) electrons. The van der Waals surface area contributed by atoms with Crippen molar-refractivity contribution < 1.29 is 14.3 Å². The van der Waals surface area contributed by atoms with Crippen molar-refractivity contribution in [2.45, 2.75) is 26.7 Å². The highest BCUT2D eigenvalue weighted by Gasteiger charge is 2.57. The highest BCUT2D eigenvalue weighted by molar-refractivity contribution is 5.87. The van der Waals surface area contributed by atoms with Gasteiger partial charge in [-0.3, -0.25) is 9.59 Å². The van der Waals surface area contributed by atoms with Gasteiger partial charge in [0.2, 0.25) is 0 Å². The van der Waals surface area contributed by atoms with Crippen molar-refractivity contribution in [3.8, 4) is 6.07 Å². The molecule has 0 spiro atoms. The van der Waals surface area contributed by atoms with Crippen LogP contribution in [0.15, 0.2) is 42.0 Å². The van der Waals surface area contributed by atoms with Crippen molar-refractivity contribution in [1.82, 2.24) is 0 Å². The summed E-state index contributed by atoms with van der Waals surface area (Å²) in [5.41, 5.74) is -0.0103. The first kappa shape index (κ1) is 17.0. The van der Waals surface area contributed by atoms with Crippen LogP contribution in [0.4, 0.5) is 0 Å². The molecule has 4 nitrogen and oxygen atoms in total. The number of aldehydes is 1. The molecule has 0 aliphatic heterocycles. The maximum atomic E-state index is 12.8. The molecular weight excluding hydrogens is 290 g/mol. The van der Waals surface area contributed by atoms with Gasteiger partial charge in [0, 0.05) is 11.8 Å². The molecule has 23 heavy (non-hydrogen) atoms. The normalized spacial score (nSPS) is 30.0. The number of hydrogen-bond acceptors (Lipinski definition) is 4. The third-order valence-corrected chi connectivity index (χ3v) is 4.75. The second-order valence-corrected chi connectivity index (χ2v) is 5.95. The number of nitriles is 1. The topological polar surface area (TPSA) is 67.2 Å². The van der Waals surface area contributed by atoms with E-state index in [1.165, 1.54) is 0 Å². The fourth-order valence-electron chi connectivity index (χ4n) is 3.63. The molecule has 120 valence electrons. The molecule has 4 heteroatoms. The van der Waals surface area contributed by atoms with E-state index >= 15 is 0 Å². The third-order valence-electron chi connectivity index (χ3n) is 4.75. The zero-order valence-electron chi connectivity index (χ0n) is 13.7. The Morgan fingerprint density at radius 3 is 2.52 bits per heavy atom. The van der Waals surface area contributed by atoms with Crippen LogP contribution < -0.4 is 0 Å². The SMILES string of the molecule is CCOC(=O)[C@@]1(C#N)[C@H](C)C(C=O)=C[C@H](C)[C@H]1c1ccccc1. The predicted molar refractivity (Wildman–Crippen MR) is 86.3 cm³/mol. The zero-order valence-corrected chi connectivity index (χ0v) is 13.7. The summed E-state index contributed by atoms with van der Waals surface area (Å²) in [6, 6.07) is 11.7. The summed E-state index contributed by atoms with van der Waals surface area (Å²) in [5, 5.41) is 9.98. The van der Waals surface area contributed by atoms with Gasteiger partial charge in [0.15, 0.2) is 5.41 Å². The van der Waals surface area contributed by atoms with Crippen molar-refractivity contribution in [1.29, 1.82) is 5.26 Å². The minimum Gasteiger partial charge on any atom is -0.465 e. The van der Waals surface area contributed by atoms with E-state index in [-0.39, 0.29) is 18.4 Å². The van der Waals surface area contributed by atoms with E-state index in [4.69, 9.17) is 4.74 Å². The first-order valence-corrected chi connectivity index (χ1v) is 7.83. The van der Waals surface area contributed by atoms with Crippen LogP contribution in [0.2, 0.25) is 0 Å². The van der Waals surface area contributed by atoms with E-state index in [2.05, 4.69) is 6.07 Å². The van der Waals surface area contributed by atoms with Gasteiger partial charge in [-0.1, -0.05) is 50.3 Å². The van der Waals surface area contributed by atoms with Crippen LogP contribution in [-0.4, -0.2) is 18.9 Å². The van der Waals surface area contributed by atoms with Crippen LogP contribution in [0.3, 0.4) is 0 Å². The van der Waals surface area contributed by atoms with E-state index in [0.717, 1.165) is 11.8 Å². The Kier molecular flexibility index (Phi) is 5.00. The van der Waals surface area contributed by atoms with Gasteiger partial charge in [-0.2, -0.15) is 5.26 Å². The van der Waals surface area contributed by atoms with Gasteiger partial charge in [-0.25, -0.2) is 0 Å². The average molecular weight is 311 g/mol. The summed E-state index contributed by atoms with van der Waals surface area (Å²) in [7, 11) is 0. The molecule has 2 rings (SSSR count). The lowest BCUT2D eigenvalue weighted by molar-refractivity contribution is -0.156. The molecule has 0 aromatic heterocycles. The van der Waals surface area contributed by atoms with Crippen molar-refractivity contribution in [3.05, 3.63) is 47.5 Å². The van der Waals surface area contributed by atoms with Gasteiger partial charge in [0.1, 0.15) is 6.29 Å². The van der Waals surface area contributed by atoms with Gasteiger partial charge in [-0.15, -0.1) is 0 Å². The maximum absolute atomic E-state index is 12.8. The van der Waals surface area contributed by atoms with E-state index in [9.17, 15) is 14.9 Å². The van der Waals surface area contributed by atoms with Crippen molar-refractivity contribution in [2.75, 3.05) is 6.61 Å². The number of carbonyl (C=O) groups is 2. The smallest absolute Gasteiger partial charge is 0.327 e. The number of hydrogen-bond donors (Lipinski definition) is 0.